The zero-order valence-corrected chi connectivity index (χ0v) is 23.6. The van der Waals surface area contributed by atoms with E-state index in [1.807, 2.05) is 42.2 Å². The molecule has 2 aromatic carbocycles. The molecular weight excluding hydrogens is 506 g/mol. The van der Waals surface area contributed by atoms with Crippen LogP contribution in [0, 0.1) is 5.41 Å². The number of piperidine rings is 1. The molecule has 1 saturated heterocycles. The van der Waals surface area contributed by atoms with Gasteiger partial charge in [-0.2, -0.15) is 0 Å². The lowest BCUT2D eigenvalue weighted by atomic mass is 9.73. The molecule has 2 aliphatic rings. The third kappa shape index (κ3) is 5.83. The molecule has 9 heteroatoms. The smallest absolute Gasteiger partial charge is 0.255 e. The molecule has 2 aliphatic heterocycles. The number of aromatic nitrogens is 2. The second-order valence-electron chi connectivity index (χ2n) is 11.5. The number of benzene rings is 2. The predicted molar refractivity (Wildman–Crippen MR) is 153 cm³/mol. The number of aromatic amines is 1. The van der Waals surface area contributed by atoms with Crippen LogP contribution in [0.5, 0.6) is 5.75 Å². The number of likely N-dealkylation sites (tertiary alicyclic amines) is 1. The van der Waals surface area contributed by atoms with Crippen LogP contribution in [0.25, 0.3) is 11.0 Å². The Hall–Kier alpha value is -3.88. The molecule has 1 fully saturated rings. The number of carbonyl (C=O) groups excluding carboxylic acids is 3. The van der Waals surface area contributed by atoms with Gasteiger partial charge in [0.1, 0.15) is 18.2 Å². The molecule has 1 aromatic heterocycles. The van der Waals surface area contributed by atoms with E-state index in [9.17, 15) is 14.4 Å². The quantitative estimate of drug-likeness (QED) is 0.441. The van der Waals surface area contributed by atoms with E-state index in [1.54, 1.807) is 12.1 Å². The Morgan fingerprint density at radius 1 is 1.07 bits per heavy atom. The summed E-state index contributed by atoms with van der Waals surface area (Å²) in [5.74, 6) is 1.53. The Bertz CT molecular complexity index is 1390. The first-order chi connectivity index (χ1) is 19.3. The fraction of sp³-hybridized carbons (Fsp3) is 0.484. The first kappa shape index (κ1) is 27.7. The number of carbonyl (C=O) groups is 3. The van der Waals surface area contributed by atoms with Crippen LogP contribution in [0.2, 0.25) is 0 Å². The van der Waals surface area contributed by atoms with E-state index in [4.69, 9.17) is 4.74 Å². The highest BCUT2D eigenvalue weighted by Crippen LogP contribution is 2.38. The van der Waals surface area contributed by atoms with Crippen molar-refractivity contribution < 1.29 is 19.1 Å². The fourth-order valence-electron chi connectivity index (χ4n) is 5.65. The van der Waals surface area contributed by atoms with Crippen LogP contribution in [-0.2, 0) is 4.79 Å². The standard InChI is InChI=1S/C31H39N5O4/c1-20(2)27-34-24-11-10-22(18-25(24)35-27)29(38)36-16-13-31(14-17-36)12-6-7-15-32-28(37)23-8-4-5-9-26(23)40-19-21(3)33-30(31)39/h4-5,8-11,18,20-21H,6-7,12-17,19H2,1-3H3,(H,32,37)(H,33,39)(H,34,35)/t21-/m1/s1. The van der Waals surface area contributed by atoms with Crippen molar-refractivity contribution in [3.05, 3.63) is 59.4 Å². The zero-order chi connectivity index (χ0) is 28.3. The molecule has 3 amide bonds. The maximum Gasteiger partial charge on any atom is 0.255 e. The van der Waals surface area contributed by atoms with Gasteiger partial charge in [-0.1, -0.05) is 32.4 Å². The van der Waals surface area contributed by atoms with Gasteiger partial charge in [-0.3, -0.25) is 14.4 Å². The van der Waals surface area contributed by atoms with Crippen LogP contribution in [0.15, 0.2) is 42.5 Å². The van der Waals surface area contributed by atoms with Crippen LogP contribution in [0.4, 0.5) is 0 Å². The van der Waals surface area contributed by atoms with Gasteiger partial charge in [-0.25, -0.2) is 4.98 Å². The topological polar surface area (TPSA) is 116 Å². The fourth-order valence-corrected chi connectivity index (χ4v) is 5.65. The second-order valence-corrected chi connectivity index (χ2v) is 11.5. The molecule has 5 rings (SSSR count). The number of H-pyrrole nitrogens is 1. The summed E-state index contributed by atoms with van der Waals surface area (Å²) in [5, 5.41) is 6.15. The molecular formula is C31H39N5O4. The number of rotatable bonds is 2. The van der Waals surface area contributed by atoms with Gasteiger partial charge in [-0.05, 0) is 62.9 Å². The van der Waals surface area contributed by atoms with E-state index < -0.39 is 5.41 Å². The van der Waals surface area contributed by atoms with Crippen molar-refractivity contribution in [1.82, 2.24) is 25.5 Å². The first-order valence-electron chi connectivity index (χ1n) is 14.4. The van der Waals surface area contributed by atoms with Gasteiger partial charge in [0.15, 0.2) is 0 Å². The Balaban J connectivity index is 1.27. The number of fused-ring (bicyclic) bond motifs is 2. The number of amides is 3. The predicted octanol–water partition coefficient (Wildman–Crippen LogP) is 4.41. The van der Waals surface area contributed by atoms with Crippen molar-refractivity contribution in [1.29, 1.82) is 0 Å². The van der Waals surface area contributed by atoms with Crippen LogP contribution in [0.1, 0.15) is 85.3 Å². The largest absolute Gasteiger partial charge is 0.491 e. The number of para-hydroxylation sites is 1. The number of ether oxygens (including phenoxy) is 1. The van der Waals surface area contributed by atoms with Crippen LogP contribution >= 0.6 is 0 Å². The van der Waals surface area contributed by atoms with Gasteiger partial charge in [0.25, 0.3) is 11.8 Å². The third-order valence-electron chi connectivity index (χ3n) is 8.15. The number of nitrogens with one attached hydrogen (secondary N) is 3. The molecule has 40 heavy (non-hydrogen) atoms. The third-order valence-corrected chi connectivity index (χ3v) is 8.15. The second kappa shape index (κ2) is 11.7. The maximum absolute atomic E-state index is 13.7. The Labute approximate surface area is 235 Å². The summed E-state index contributed by atoms with van der Waals surface area (Å²) in [6.07, 6.45) is 3.47. The summed E-state index contributed by atoms with van der Waals surface area (Å²) in [6, 6.07) is 12.5. The lowest BCUT2D eigenvalue weighted by molar-refractivity contribution is -0.135. The lowest BCUT2D eigenvalue weighted by Crippen LogP contribution is -2.52. The van der Waals surface area contributed by atoms with Gasteiger partial charge in [0, 0.05) is 31.1 Å². The van der Waals surface area contributed by atoms with E-state index >= 15 is 0 Å². The van der Waals surface area contributed by atoms with Crippen molar-refractivity contribution >= 4 is 28.8 Å². The normalized spacial score (nSPS) is 20.4. The van der Waals surface area contributed by atoms with Gasteiger partial charge in [0.2, 0.25) is 5.91 Å². The lowest BCUT2D eigenvalue weighted by Gasteiger charge is -2.41. The minimum Gasteiger partial charge on any atom is -0.491 e. The van der Waals surface area contributed by atoms with E-state index in [-0.39, 0.29) is 36.3 Å². The highest BCUT2D eigenvalue weighted by atomic mass is 16.5. The highest BCUT2D eigenvalue weighted by Gasteiger charge is 2.42. The Morgan fingerprint density at radius 3 is 2.62 bits per heavy atom. The molecule has 3 N–H and O–H groups in total. The summed E-state index contributed by atoms with van der Waals surface area (Å²) in [6.45, 7) is 7.88. The molecule has 3 aromatic rings. The molecule has 0 bridgehead atoms. The van der Waals surface area contributed by atoms with Crippen molar-refractivity contribution in [2.75, 3.05) is 26.2 Å². The summed E-state index contributed by atoms with van der Waals surface area (Å²) in [7, 11) is 0. The average Bonchev–Trinajstić information content (AvgIpc) is 3.39. The summed E-state index contributed by atoms with van der Waals surface area (Å²) in [4.78, 5) is 49.6. The highest BCUT2D eigenvalue weighted by molar-refractivity contribution is 5.98. The summed E-state index contributed by atoms with van der Waals surface area (Å²) < 4.78 is 5.95. The Kier molecular flexibility index (Phi) is 8.09. The summed E-state index contributed by atoms with van der Waals surface area (Å²) >= 11 is 0. The monoisotopic (exact) mass is 545 g/mol. The molecule has 1 spiro atoms. The van der Waals surface area contributed by atoms with Gasteiger partial charge >= 0.3 is 0 Å². The minimum atomic E-state index is -0.559. The molecule has 0 aliphatic carbocycles. The van der Waals surface area contributed by atoms with E-state index in [0.717, 1.165) is 29.7 Å². The maximum atomic E-state index is 13.7. The number of nitrogens with zero attached hydrogens (tertiary/aromatic N) is 2. The van der Waals surface area contributed by atoms with E-state index in [0.29, 0.717) is 55.8 Å². The first-order valence-corrected chi connectivity index (χ1v) is 14.4. The molecule has 0 saturated carbocycles. The molecule has 9 nitrogen and oxygen atoms in total. The van der Waals surface area contributed by atoms with Crippen molar-refractivity contribution in [2.45, 2.75) is 64.8 Å². The number of imidazole rings is 1. The van der Waals surface area contributed by atoms with Crippen LogP contribution in [0.3, 0.4) is 0 Å². The molecule has 3 heterocycles. The minimum absolute atomic E-state index is 0.0187. The van der Waals surface area contributed by atoms with Crippen LogP contribution in [-0.4, -0.2) is 64.9 Å². The molecule has 212 valence electrons. The molecule has 1 atom stereocenters. The number of hydrogen-bond acceptors (Lipinski definition) is 5. The average molecular weight is 546 g/mol. The van der Waals surface area contributed by atoms with Crippen molar-refractivity contribution in [3.63, 3.8) is 0 Å². The molecule has 0 radical (unpaired) electrons. The number of hydrogen-bond donors (Lipinski definition) is 3. The molecule has 0 unspecified atom stereocenters. The van der Waals surface area contributed by atoms with E-state index in [2.05, 4.69) is 34.4 Å². The van der Waals surface area contributed by atoms with Crippen LogP contribution < -0.4 is 15.4 Å². The van der Waals surface area contributed by atoms with Crippen molar-refractivity contribution in [2.24, 2.45) is 5.41 Å². The van der Waals surface area contributed by atoms with Gasteiger partial charge in [-0.15, -0.1) is 0 Å². The van der Waals surface area contributed by atoms with Gasteiger partial charge in [0.05, 0.1) is 28.1 Å². The summed E-state index contributed by atoms with van der Waals surface area (Å²) in [5.41, 5.74) is 2.28. The zero-order valence-electron chi connectivity index (χ0n) is 23.6. The SMILES string of the molecule is CC(C)c1nc2ccc(C(=O)N3CCC4(CCCCNC(=O)c5ccccc5OC[C@@H](C)NC4=O)CC3)cc2[nH]1. The Morgan fingerprint density at radius 2 is 1.85 bits per heavy atom. The van der Waals surface area contributed by atoms with Crippen molar-refractivity contribution in [3.8, 4) is 5.75 Å². The van der Waals surface area contributed by atoms with Gasteiger partial charge < -0.3 is 25.3 Å². The van der Waals surface area contributed by atoms with E-state index in [1.165, 1.54) is 0 Å².